The van der Waals surface area contributed by atoms with Crippen molar-refractivity contribution in [3.8, 4) is 22.5 Å². The number of rotatable bonds is 4. The number of hydrogen-bond donors (Lipinski definition) is 0. The lowest BCUT2D eigenvalue weighted by atomic mass is 10.0. The molecule has 0 saturated carbocycles. The van der Waals surface area contributed by atoms with Gasteiger partial charge in [-0.05, 0) is 24.3 Å². The van der Waals surface area contributed by atoms with Gasteiger partial charge in [0.1, 0.15) is 11.4 Å². The summed E-state index contributed by atoms with van der Waals surface area (Å²) in [5, 5.41) is 23.1. The maximum absolute atomic E-state index is 11.5. The number of nitro groups is 2. The summed E-state index contributed by atoms with van der Waals surface area (Å²) in [6.07, 6.45) is 0. The minimum Gasteiger partial charge on any atom is -0.258 e. The fraction of sp³-hybridized carbons (Fsp3) is 0. The first-order chi connectivity index (χ1) is 13.6. The van der Waals surface area contributed by atoms with Crippen molar-refractivity contribution in [3.63, 3.8) is 0 Å². The highest BCUT2D eigenvalue weighted by Crippen LogP contribution is 2.38. The predicted octanol–water partition coefficient (Wildman–Crippen LogP) is 4.78. The molecule has 0 atom stereocenters. The summed E-state index contributed by atoms with van der Waals surface area (Å²) in [5.41, 5.74) is 1.73. The first kappa shape index (κ1) is 17.2. The Morgan fingerprint density at radius 2 is 0.929 bits per heavy atom. The smallest absolute Gasteiger partial charge is 0.258 e. The molecule has 0 fully saturated rings. The normalized spacial score (nSPS) is 10.7. The van der Waals surface area contributed by atoms with E-state index in [9.17, 15) is 20.2 Å². The summed E-state index contributed by atoms with van der Waals surface area (Å²) in [6, 6.07) is 19.3. The van der Waals surface area contributed by atoms with E-state index in [-0.39, 0.29) is 33.9 Å². The molecule has 4 aromatic rings. The standard InChI is InChI=1S/C20H12N4O4/c25-23(26)17-11-5-1-7-13(17)19-20(14-8-2-6-12-18(14)24(27)28)22-16-10-4-3-9-15(16)21-19/h1-12H. The molecule has 0 aliphatic carbocycles. The van der Waals surface area contributed by atoms with Gasteiger partial charge < -0.3 is 0 Å². The summed E-state index contributed by atoms with van der Waals surface area (Å²) >= 11 is 0. The van der Waals surface area contributed by atoms with E-state index in [2.05, 4.69) is 9.97 Å². The molecule has 0 radical (unpaired) electrons. The molecule has 0 amide bonds. The third kappa shape index (κ3) is 2.92. The predicted molar refractivity (Wildman–Crippen MR) is 104 cm³/mol. The Morgan fingerprint density at radius 3 is 1.32 bits per heavy atom. The van der Waals surface area contributed by atoms with E-state index in [0.717, 1.165) is 0 Å². The van der Waals surface area contributed by atoms with Gasteiger partial charge in [-0.15, -0.1) is 0 Å². The highest BCUT2D eigenvalue weighted by atomic mass is 16.6. The van der Waals surface area contributed by atoms with Crippen molar-refractivity contribution in [2.24, 2.45) is 0 Å². The molecule has 0 unspecified atom stereocenters. The summed E-state index contributed by atoms with van der Waals surface area (Å²) in [4.78, 5) is 31.2. The van der Waals surface area contributed by atoms with Crippen LogP contribution in [0.2, 0.25) is 0 Å². The monoisotopic (exact) mass is 372 g/mol. The van der Waals surface area contributed by atoms with Crippen LogP contribution in [0.3, 0.4) is 0 Å². The molecule has 4 rings (SSSR count). The zero-order valence-electron chi connectivity index (χ0n) is 14.4. The van der Waals surface area contributed by atoms with Crippen LogP contribution in [-0.4, -0.2) is 19.8 Å². The van der Waals surface area contributed by atoms with Gasteiger partial charge in [0.25, 0.3) is 11.4 Å². The Hall–Kier alpha value is -4.20. The summed E-state index contributed by atoms with van der Waals surface area (Å²) < 4.78 is 0. The largest absolute Gasteiger partial charge is 0.278 e. The molecule has 0 N–H and O–H groups in total. The van der Waals surface area contributed by atoms with Gasteiger partial charge in [0.05, 0.1) is 32.0 Å². The van der Waals surface area contributed by atoms with Crippen LogP contribution in [0.4, 0.5) is 11.4 Å². The van der Waals surface area contributed by atoms with Gasteiger partial charge in [-0.25, -0.2) is 9.97 Å². The molecule has 0 saturated heterocycles. The molecule has 8 nitrogen and oxygen atoms in total. The van der Waals surface area contributed by atoms with E-state index in [1.807, 2.05) is 0 Å². The van der Waals surface area contributed by atoms with Crippen LogP contribution >= 0.6 is 0 Å². The number of benzene rings is 3. The molecule has 0 aliphatic heterocycles. The average molecular weight is 372 g/mol. The first-order valence-electron chi connectivity index (χ1n) is 8.30. The van der Waals surface area contributed by atoms with Crippen LogP contribution in [0.5, 0.6) is 0 Å². The fourth-order valence-electron chi connectivity index (χ4n) is 3.04. The molecule has 136 valence electrons. The van der Waals surface area contributed by atoms with Gasteiger partial charge in [-0.2, -0.15) is 0 Å². The van der Waals surface area contributed by atoms with E-state index in [0.29, 0.717) is 11.0 Å². The molecule has 0 spiro atoms. The van der Waals surface area contributed by atoms with Crippen molar-refractivity contribution < 1.29 is 9.85 Å². The molecule has 8 heteroatoms. The van der Waals surface area contributed by atoms with Gasteiger partial charge in [-0.1, -0.05) is 36.4 Å². The Kier molecular flexibility index (Phi) is 4.21. The van der Waals surface area contributed by atoms with Crippen LogP contribution in [-0.2, 0) is 0 Å². The number of aromatic nitrogens is 2. The van der Waals surface area contributed by atoms with Gasteiger partial charge in [0.15, 0.2) is 0 Å². The number of para-hydroxylation sites is 4. The lowest BCUT2D eigenvalue weighted by Gasteiger charge is -2.11. The molecule has 0 bridgehead atoms. The average Bonchev–Trinajstić information content (AvgIpc) is 2.72. The van der Waals surface area contributed by atoms with E-state index in [4.69, 9.17) is 0 Å². The van der Waals surface area contributed by atoms with Crippen molar-refractivity contribution in [2.75, 3.05) is 0 Å². The number of nitro benzene ring substituents is 2. The van der Waals surface area contributed by atoms with Gasteiger partial charge in [0.2, 0.25) is 0 Å². The van der Waals surface area contributed by atoms with Crippen LogP contribution in [0.25, 0.3) is 33.5 Å². The maximum atomic E-state index is 11.5. The van der Waals surface area contributed by atoms with Crippen molar-refractivity contribution >= 4 is 22.4 Å². The SMILES string of the molecule is O=[N+]([O-])c1ccccc1-c1nc2ccccc2nc1-c1ccccc1[N+](=O)[O-]. The Labute approximate surface area is 158 Å². The van der Waals surface area contributed by atoms with Crippen molar-refractivity contribution in [1.82, 2.24) is 9.97 Å². The highest BCUT2D eigenvalue weighted by molar-refractivity contribution is 5.90. The maximum Gasteiger partial charge on any atom is 0.278 e. The molecule has 0 aliphatic rings. The third-order valence-corrected chi connectivity index (χ3v) is 4.28. The third-order valence-electron chi connectivity index (χ3n) is 4.28. The van der Waals surface area contributed by atoms with Crippen molar-refractivity contribution in [3.05, 3.63) is 93.0 Å². The minimum atomic E-state index is -0.505. The summed E-state index contributed by atoms with van der Waals surface area (Å²) in [5.74, 6) is 0. The second kappa shape index (κ2) is 6.84. The topological polar surface area (TPSA) is 112 Å². The van der Waals surface area contributed by atoms with Gasteiger partial charge >= 0.3 is 0 Å². The van der Waals surface area contributed by atoms with Gasteiger partial charge in [0, 0.05) is 12.1 Å². The zero-order valence-corrected chi connectivity index (χ0v) is 14.4. The molecular formula is C20H12N4O4. The number of fused-ring (bicyclic) bond motifs is 1. The second-order valence-electron chi connectivity index (χ2n) is 5.96. The molecular weight excluding hydrogens is 360 g/mol. The van der Waals surface area contributed by atoms with Crippen LogP contribution in [0.15, 0.2) is 72.8 Å². The van der Waals surface area contributed by atoms with Crippen molar-refractivity contribution in [1.29, 1.82) is 0 Å². The zero-order chi connectivity index (χ0) is 19.7. The fourth-order valence-corrected chi connectivity index (χ4v) is 3.04. The Bertz CT molecular complexity index is 1140. The lowest BCUT2D eigenvalue weighted by Crippen LogP contribution is -2.00. The quantitative estimate of drug-likeness (QED) is 0.376. The van der Waals surface area contributed by atoms with Gasteiger partial charge in [-0.3, -0.25) is 20.2 Å². The Balaban J connectivity index is 2.11. The van der Waals surface area contributed by atoms with E-state index >= 15 is 0 Å². The number of nitrogens with zero attached hydrogens (tertiary/aromatic N) is 4. The minimum absolute atomic E-state index is 0.146. The second-order valence-corrected chi connectivity index (χ2v) is 5.96. The van der Waals surface area contributed by atoms with E-state index in [1.54, 1.807) is 60.7 Å². The Morgan fingerprint density at radius 1 is 0.571 bits per heavy atom. The molecule has 1 aromatic heterocycles. The summed E-state index contributed by atoms with van der Waals surface area (Å²) in [7, 11) is 0. The molecule has 3 aromatic carbocycles. The highest BCUT2D eigenvalue weighted by Gasteiger charge is 2.25. The van der Waals surface area contributed by atoms with Crippen LogP contribution in [0, 0.1) is 20.2 Å². The first-order valence-corrected chi connectivity index (χ1v) is 8.30. The van der Waals surface area contributed by atoms with E-state index < -0.39 is 9.85 Å². The van der Waals surface area contributed by atoms with Crippen LogP contribution in [0.1, 0.15) is 0 Å². The summed E-state index contributed by atoms with van der Waals surface area (Å²) in [6.45, 7) is 0. The number of hydrogen-bond acceptors (Lipinski definition) is 6. The van der Waals surface area contributed by atoms with E-state index in [1.165, 1.54) is 12.1 Å². The lowest BCUT2D eigenvalue weighted by molar-refractivity contribution is -0.384. The molecule has 1 heterocycles. The molecule has 28 heavy (non-hydrogen) atoms. The van der Waals surface area contributed by atoms with Crippen molar-refractivity contribution in [2.45, 2.75) is 0 Å². The van der Waals surface area contributed by atoms with Crippen LogP contribution < -0.4 is 0 Å².